The minimum Gasteiger partial charge on any atom is -0.380 e. The number of fused-ring (bicyclic) bond motifs is 1. The van der Waals surface area contributed by atoms with Crippen molar-refractivity contribution in [3.63, 3.8) is 0 Å². The van der Waals surface area contributed by atoms with E-state index in [1.165, 1.54) is 10.9 Å². The predicted octanol–water partition coefficient (Wildman–Crippen LogP) is 3.60. The van der Waals surface area contributed by atoms with Crippen molar-refractivity contribution in [2.45, 2.75) is 12.3 Å². The first-order valence-electron chi connectivity index (χ1n) is 6.49. The molecule has 0 N–H and O–H groups in total. The monoisotopic (exact) mass is 322 g/mol. The Morgan fingerprint density at radius 2 is 2.11 bits per heavy atom. The van der Waals surface area contributed by atoms with Crippen LogP contribution in [0.3, 0.4) is 0 Å². The van der Waals surface area contributed by atoms with Crippen LogP contribution in [0.15, 0.2) is 30.3 Å². The van der Waals surface area contributed by atoms with Gasteiger partial charge in [0.1, 0.15) is 5.82 Å². The molecule has 0 unspecified atom stereocenters. The van der Waals surface area contributed by atoms with E-state index in [4.69, 9.17) is 9.72 Å². The lowest BCUT2D eigenvalue weighted by Crippen LogP contribution is -2.24. The second-order valence-electron chi connectivity index (χ2n) is 4.42. The highest BCUT2D eigenvalue weighted by atomic mass is 79.9. The number of likely N-dealkylation sites (N-methyl/N-ethyl adjacent to an activating group) is 1. The van der Waals surface area contributed by atoms with E-state index in [0.717, 1.165) is 36.4 Å². The van der Waals surface area contributed by atoms with Crippen LogP contribution in [0, 0.1) is 0 Å². The molecule has 19 heavy (non-hydrogen) atoms. The molecule has 0 aliphatic rings. The molecule has 1 aromatic carbocycles. The molecule has 0 aliphatic heterocycles. The molecule has 0 spiro atoms. The highest BCUT2D eigenvalue weighted by molar-refractivity contribution is 9.08. The fourth-order valence-electron chi connectivity index (χ4n) is 2.03. The molecule has 0 saturated carbocycles. The van der Waals surface area contributed by atoms with Gasteiger partial charge >= 0.3 is 0 Å². The molecule has 0 saturated heterocycles. The molecule has 1 aromatic heterocycles. The summed E-state index contributed by atoms with van der Waals surface area (Å²) in [5.74, 6) is 1.02. The van der Waals surface area contributed by atoms with Gasteiger partial charge in [0.25, 0.3) is 0 Å². The molecule has 3 nitrogen and oxygen atoms in total. The molecule has 102 valence electrons. The molecule has 2 aromatic rings. The summed E-state index contributed by atoms with van der Waals surface area (Å²) < 4.78 is 5.41. The SMILES string of the molecule is CCOCCN(C)c1nc2ccccc2cc1CBr. The number of benzene rings is 1. The molecule has 1 heterocycles. The average molecular weight is 323 g/mol. The maximum atomic E-state index is 5.41. The lowest BCUT2D eigenvalue weighted by molar-refractivity contribution is 0.154. The van der Waals surface area contributed by atoms with Gasteiger partial charge < -0.3 is 9.64 Å². The first-order chi connectivity index (χ1) is 9.26. The summed E-state index contributed by atoms with van der Waals surface area (Å²) >= 11 is 3.55. The number of ether oxygens (including phenoxy) is 1. The summed E-state index contributed by atoms with van der Waals surface area (Å²) in [5, 5.41) is 1.98. The molecule has 2 rings (SSSR count). The summed E-state index contributed by atoms with van der Waals surface area (Å²) in [7, 11) is 2.06. The molecule has 0 atom stereocenters. The second kappa shape index (κ2) is 6.87. The molecule has 0 amide bonds. The molecule has 4 heteroatoms. The van der Waals surface area contributed by atoms with Gasteiger partial charge in [-0.3, -0.25) is 0 Å². The van der Waals surface area contributed by atoms with E-state index in [1.807, 2.05) is 25.1 Å². The number of nitrogens with zero attached hydrogens (tertiary/aromatic N) is 2. The Morgan fingerprint density at radius 1 is 1.32 bits per heavy atom. The van der Waals surface area contributed by atoms with Crippen LogP contribution in [-0.4, -0.2) is 31.8 Å². The predicted molar refractivity (Wildman–Crippen MR) is 84.1 cm³/mol. The van der Waals surface area contributed by atoms with Crippen molar-refractivity contribution in [3.8, 4) is 0 Å². The van der Waals surface area contributed by atoms with Gasteiger partial charge in [0.05, 0.1) is 12.1 Å². The van der Waals surface area contributed by atoms with E-state index < -0.39 is 0 Å². The smallest absolute Gasteiger partial charge is 0.133 e. The standard InChI is InChI=1S/C15H19BrN2O/c1-3-19-9-8-18(2)15-13(11-16)10-12-6-4-5-7-14(12)17-15/h4-7,10H,3,8-9,11H2,1-2H3. The van der Waals surface area contributed by atoms with E-state index in [9.17, 15) is 0 Å². The lowest BCUT2D eigenvalue weighted by Gasteiger charge is -2.21. The van der Waals surface area contributed by atoms with Crippen molar-refractivity contribution < 1.29 is 4.74 Å². The topological polar surface area (TPSA) is 25.4 Å². The number of anilines is 1. The Labute approximate surface area is 122 Å². The van der Waals surface area contributed by atoms with Crippen LogP contribution in [0.1, 0.15) is 12.5 Å². The zero-order valence-electron chi connectivity index (χ0n) is 11.4. The Hall–Kier alpha value is -1.13. The molecule has 0 bridgehead atoms. The fraction of sp³-hybridized carbons (Fsp3) is 0.400. The summed E-state index contributed by atoms with van der Waals surface area (Å²) in [5.41, 5.74) is 2.24. The number of rotatable bonds is 6. The number of hydrogen-bond donors (Lipinski definition) is 0. The van der Waals surface area contributed by atoms with E-state index >= 15 is 0 Å². The van der Waals surface area contributed by atoms with Crippen molar-refractivity contribution in [1.82, 2.24) is 4.98 Å². The van der Waals surface area contributed by atoms with E-state index in [0.29, 0.717) is 0 Å². The quantitative estimate of drug-likeness (QED) is 0.600. The Bertz CT molecular complexity index is 545. The van der Waals surface area contributed by atoms with Crippen molar-refractivity contribution in [3.05, 3.63) is 35.9 Å². The third kappa shape index (κ3) is 3.45. The van der Waals surface area contributed by atoms with Crippen LogP contribution in [0.4, 0.5) is 5.82 Å². The molecule has 0 aliphatic carbocycles. The molecular formula is C15H19BrN2O. The Morgan fingerprint density at radius 3 is 2.84 bits per heavy atom. The third-order valence-electron chi connectivity index (χ3n) is 3.06. The average Bonchev–Trinajstić information content (AvgIpc) is 2.46. The minimum absolute atomic E-state index is 0.725. The van der Waals surface area contributed by atoms with Crippen LogP contribution >= 0.6 is 15.9 Å². The maximum absolute atomic E-state index is 5.41. The zero-order valence-corrected chi connectivity index (χ0v) is 13.0. The highest BCUT2D eigenvalue weighted by Crippen LogP contribution is 2.24. The Balaban J connectivity index is 2.29. The number of halogens is 1. The first kappa shape index (κ1) is 14.3. The minimum atomic E-state index is 0.725. The molecule has 0 fully saturated rings. The van der Waals surface area contributed by atoms with Crippen molar-refractivity contribution >= 4 is 32.7 Å². The van der Waals surface area contributed by atoms with Gasteiger partial charge in [-0.05, 0) is 19.1 Å². The van der Waals surface area contributed by atoms with E-state index in [-0.39, 0.29) is 0 Å². The van der Waals surface area contributed by atoms with Crippen LogP contribution < -0.4 is 4.90 Å². The van der Waals surface area contributed by atoms with Crippen LogP contribution in [0.2, 0.25) is 0 Å². The van der Waals surface area contributed by atoms with Gasteiger partial charge in [-0.1, -0.05) is 34.1 Å². The van der Waals surface area contributed by atoms with Gasteiger partial charge in [-0.2, -0.15) is 0 Å². The number of hydrogen-bond acceptors (Lipinski definition) is 3. The van der Waals surface area contributed by atoms with Crippen molar-refractivity contribution in [2.24, 2.45) is 0 Å². The maximum Gasteiger partial charge on any atom is 0.133 e. The number of alkyl halides is 1. The van der Waals surface area contributed by atoms with Gasteiger partial charge in [0.2, 0.25) is 0 Å². The van der Waals surface area contributed by atoms with E-state index in [1.54, 1.807) is 0 Å². The first-order valence-corrected chi connectivity index (χ1v) is 7.62. The summed E-state index contributed by atoms with van der Waals surface area (Å²) in [6.45, 7) is 4.34. The second-order valence-corrected chi connectivity index (χ2v) is 4.98. The van der Waals surface area contributed by atoms with Crippen LogP contribution in [0.5, 0.6) is 0 Å². The number of aromatic nitrogens is 1. The van der Waals surface area contributed by atoms with E-state index in [2.05, 4.69) is 40.0 Å². The van der Waals surface area contributed by atoms with Gasteiger partial charge in [0.15, 0.2) is 0 Å². The number of para-hydroxylation sites is 1. The van der Waals surface area contributed by atoms with Crippen LogP contribution in [-0.2, 0) is 10.1 Å². The normalized spacial score (nSPS) is 10.9. The molecule has 0 radical (unpaired) electrons. The fourth-order valence-corrected chi connectivity index (χ4v) is 2.44. The van der Waals surface area contributed by atoms with Crippen molar-refractivity contribution in [2.75, 3.05) is 31.7 Å². The highest BCUT2D eigenvalue weighted by Gasteiger charge is 2.10. The molecular weight excluding hydrogens is 304 g/mol. The van der Waals surface area contributed by atoms with Gasteiger partial charge in [-0.15, -0.1) is 0 Å². The lowest BCUT2D eigenvalue weighted by atomic mass is 10.1. The van der Waals surface area contributed by atoms with Gasteiger partial charge in [0, 0.05) is 36.5 Å². The Kier molecular flexibility index (Phi) is 5.16. The summed E-state index contributed by atoms with van der Waals surface area (Å²) in [6.07, 6.45) is 0. The van der Waals surface area contributed by atoms with Gasteiger partial charge in [-0.25, -0.2) is 4.98 Å². The zero-order chi connectivity index (χ0) is 13.7. The third-order valence-corrected chi connectivity index (χ3v) is 3.66. The summed E-state index contributed by atoms with van der Waals surface area (Å²) in [4.78, 5) is 6.92. The summed E-state index contributed by atoms with van der Waals surface area (Å²) in [6, 6.07) is 10.4. The van der Waals surface area contributed by atoms with Crippen LogP contribution in [0.25, 0.3) is 10.9 Å². The largest absolute Gasteiger partial charge is 0.380 e. The van der Waals surface area contributed by atoms with Crippen molar-refractivity contribution in [1.29, 1.82) is 0 Å². The number of pyridine rings is 1.